The van der Waals surface area contributed by atoms with Gasteiger partial charge in [0.2, 0.25) is 17.7 Å². The van der Waals surface area contributed by atoms with Gasteiger partial charge in [-0.15, -0.1) is 0 Å². The second-order valence-corrected chi connectivity index (χ2v) is 10.9. The summed E-state index contributed by atoms with van der Waals surface area (Å²) in [6, 6.07) is 2.50. The fourth-order valence-corrected chi connectivity index (χ4v) is 4.98. The summed E-state index contributed by atoms with van der Waals surface area (Å²) in [6.07, 6.45) is 5.34. The lowest BCUT2D eigenvalue weighted by atomic mass is 10.1. The number of aromatic nitrogens is 4. The molecule has 0 aliphatic carbocycles. The van der Waals surface area contributed by atoms with E-state index in [0.29, 0.717) is 17.0 Å². The molecule has 2 atom stereocenters. The Hall–Kier alpha value is -5.26. The molecule has 0 radical (unpaired) electrons. The first-order chi connectivity index (χ1) is 20.4. The van der Waals surface area contributed by atoms with E-state index in [1.54, 1.807) is 19.1 Å². The van der Waals surface area contributed by atoms with E-state index >= 15 is 0 Å². The van der Waals surface area contributed by atoms with Gasteiger partial charge in [-0.3, -0.25) is 14.4 Å². The Morgan fingerprint density at radius 3 is 2.07 bits per heavy atom. The summed E-state index contributed by atoms with van der Waals surface area (Å²) in [6.45, 7) is 0.734. The fraction of sp³-hybridized carbons (Fsp3) is 0.320. The molecule has 0 saturated heterocycles. The number of imidazole rings is 2. The number of carboxylic acid groups (broad SMARTS) is 1. The second-order valence-electron chi connectivity index (χ2n) is 9.24. The number of rotatable bonds is 15. The third-order valence-electron chi connectivity index (χ3n) is 5.91. The predicted molar refractivity (Wildman–Crippen MR) is 149 cm³/mol. The van der Waals surface area contributed by atoms with Gasteiger partial charge in [-0.25, -0.2) is 32.7 Å². The van der Waals surface area contributed by atoms with Gasteiger partial charge in [0.25, 0.3) is 10.0 Å². The molecule has 17 nitrogen and oxygen atoms in total. The van der Waals surface area contributed by atoms with Crippen LogP contribution in [0.15, 0.2) is 54.2 Å². The van der Waals surface area contributed by atoms with Crippen LogP contribution in [-0.2, 0) is 42.0 Å². The second kappa shape index (κ2) is 15.1. The number of amides is 5. The molecule has 43 heavy (non-hydrogen) atoms. The first-order valence-corrected chi connectivity index (χ1v) is 14.3. The van der Waals surface area contributed by atoms with E-state index in [-0.39, 0.29) is 30.7 Å². The molecule has 0 unspecified atom stereocenters. The summed E-state index contributed by atoms with van der Waals surface area (Å²) in [4.78, 5) is 74.5. The Kier molecular flexibility index (Phi) is 11.3. The van der Waals surface area contributed by atoms with Crippen LogP contribution >= 0.6 is 0 Å². The number of nitrogens with zero attached hydrogens (tertiary/aromatic N) is 2. The summed E-state index contributed by atoms with van der Waals surface area (Å²) in [5, 5.41) is 18.8. The zero-order valence-electron chi connectivity index (χ0n) is 22.9. The van der Waals surface area contributed by atoms with Crippen LogP contribution < -0.4 is 26.0 Å². The van der Waals surface area contributed by atoms with Crippen LogP contribution in [0.1, 0.15) is 23.4 Å². The van der Waals surface area contributed by atoms with Crippen LogP contribution in [0.4, 0.5) is 4.79 Å². The van der Waals surface area contributed by atoms with Crippen LogP contribution in [-0.4, -0.2) is 88.4 Å². The largest absolute Gasteiger partial charge is 0.480 e. The van der Waals surface area contributed by atoms with Crippen molar-refractivity contribution in [1.82, 2.24) is 45.9 Å². The zero-order valence-corrected chi connectivity index (χ0v) is 23.7. The molecule has 2 aromatic heterocycles. The van der Waals surface area contributed by atoms with Gasteiger partial charge in [-0.05, 0) is 18.6 Å². The van der Waals surface area contributed by atoms with Crippen LogP contribution in [0.25, 0.3) is 0 Å². The lowest BCUT2D eigenvalue weighted by Gasteiger charge is -2.19. The van der Waals surface area contributed by atoms with Crippen molar-refractivity contribution in [3.8, 4) is 0 Å². The molecule has 18 heteroatoms. The van der Waals surface area contributed by atoms with Gasteiger partial charge in [0, 0.05) is 49.6 Å². The summed E-state index contributed by atoms with van der Waals surface area (Å²) >= 11 is 0. The molecule has 0 aliphatic heterocycles. The van der Waals surface area contributed by atoms with E-state index in [1.165, 1.54) is 37.2 Å². The number of urea groups is 1. The number of hydrogen-bond acceptors (Lipinski definition) is 9. The van der Waals surface area contributed by atoms with E-state index in [1.807, 2.05) is 4.72 Å². The first-order valence-electron chi connectivity index (χ1n) is 12.8. The van der Waals surface area contributed by atoms with Crippen molar-refractivity contribution >= 4 is 39.7 Å². The number of sulfonamides is 1. The normalized spacial score (nSPS) is 12.4. The Morgan fingerprint density at radius 1 is 0.884 bits per heavy atom. The average molecular weight is 618 g/mol. The highest BCUT2D eigenvalue weighted by molar-refractivity contribution is 7.90. The molecule has 3 rings (SSSR count). The van der Waals surface area contributed by atoms with Crippen molar-refractivity contribution in [2.45, 2.75) is 43.2 Å². The number of aryl methyl sites for hydroxylation is 1. The number of hydrogen-bond donors (Lipinski definition) is 8. The Morgan fingerprint density at radius 2 is 1.49 bits per heavy atom. The van der Waals surface area contributed by atoms with Crippen LogP contribution in [0.2, 0.25) is 0 Å². The fourth-order valence-electron chi connectivity index (χ4n) is 3.81. The summed E-state index contributed by atoms with van der Waals surface area (Å²) in [5.41, 5.74) is 1.43. The van der Waals surface area contributed by atoms with Gasteiger partial charge in [0.1, 0.15) is 12.1 Å². The molecule has 0 saturated carbocycles. The first kappa shape index (κ1) is 32.3. The average Bonchev–Trinajstić information content (AvgIpc) is 3.65. The lowest BCUT2D eigenvalue weighted by Crippen LogP contribution is -2.52. The number of H-pyrrole nitrogens is 2. The molecular weight excluding hydrogens is 586 g/mol. The summed E-state index contributed by atoms with van der Waals surface area (Å²) < 4.78 is 26.8. The molecule has 5 amide bonds. The molecule has 0 aliphatic rings. The topological polar surface area (TPSA) is 257 Å². The smallest absolute Gasteiger partial charge is 0.329 e. The number of nitrogens with one attached hydrogen (secondary N) is 7. The van der Waals surface area contributed by atoms with Crippen molar-refractivity contribution in [2.75, 3.05) is 13.1 Å². The van der Waals surface area contributed by atoms with Gasteiger partial charge in [-0.1, -0.05) is 18.2 Å². The van der Waals surface area contributed by atoms with Crippen LogP contribution in [0.5, 0.6) is 0 Å². The molecule has 0 spiro atoms. The van der Waals surface area contributed by atoms with E-state index in [2.05, 4.69) is 41.2 Å². The predicted octanol–water partition coefficient (Wildman–Crippen LogP) is -1.52. The maximum absolute atomic E-state index is 12.9. The molecule has 230 valence electrons. The minimum Gasteiger partial charge on any atom is -0.480 e. The standard InChI is InChI=1S/C25H31N9O8S/c1-15-4-2-3-5-20(15)43(41,42)34-25(40)29-12-22(36)32-18(8-16-10-26-13-30-16)23(37)28-7-6-21(35)33-19(24(38)39)9-17-11-27-14-31-17/h2-5,10-11,13-14,18-19H,6-9,12H2,1H3,(H,26,30)(H,27,31)(H,28,37)(H,32,36)(H,33,35)(H,38,39)(H2,29,34,40)/t18-,19-/m0/s1. The van der Waals surface area contributed by atoms with Crippen molar-refractivity contribution < 1.29 is 37.5 Å². The molecular formula is C25H31N9O8S. The summed E-state index contributed by atoms with van der Waals surface area (Å²) in [5.74, 6) is -3.35. The molecule has 2 heterocycles. The van der Waals surface area contributed by atoms with Crippen molar-refractivity contribution in [3.63, 3.8) is 0 Å². The molecule has 3 aromatic rings. The third-order valence-corrected chi connectivity index (χ3v) is 7.40. The van der Waals surface area contributed by atoms with Crippen LogP contribution in [0.3, 0.4) is 0 Å². The molecule has 1 aromatic carbocycles. The van der Waals surface area contributed by atoms with E-state index in [9.17, 15) is 37.5 Å². The maximum atomic E-state index is 12.9. The Balaban J connectivity index is 1.50. The lowest BCUT2D eigenvalue weighted by molar-refractivity contribution is -0.141. The highest BCUT2D eigenvalue weighted by Gasteiger charge is 2.25. The van der Waals surface area contributed by atoms with Gasteiger partial charge < -0.3 is 36.3 Å². The number of carboxylic acids is 1. The minimum absolute atomic E-state index is 0.0182. The Bertz CT molecular complexity index is 1530. The van der Waals surface area contributed by atoms with Gasteiger partial charge >= 0.3 is 12.0 Å². The van der Waals surface area contributed by atoms with Crippen LogP contribution in [0, 0.1) is 6.92 Å². The van der Waals surface area contributed by atoms with E-state index < -0.39 is 58.4 Å². The number of carbonyl (C=O) groups is 5. The Labute approximate surface area is 245 Å². The van der Waals surface area contributed by atoms with Crippen molar-refractivity contribution in [1.29, 1.82) is 0 Å². The zero-order chi connectivity index (χ0) is 31.4. The SMILES string of the molecule is Cc1ccccc1S(=O)(=O)NC(=O)NCC(=O)N[C@@H](Cc1cnc[nH]1)C(=O)NCCC(=O)N[C@@H](Cc1cnc[nH]1)C(=O)O. The number of carbonyl (C=O) groups excluding carboxylic acids is 4. The quantitative estimate of drug-likeness (QED) is 0.0976. The third kappa shape index (κ3) is 10.3. The van der Waals surface area contributed by atoms with Gasteiger partial charge in [-0.2, -0.15) is 0 Å². The van der Waals surface area contributed by atoms with E-state index in [4.69, 9.17) is 0 Å². The van der Waals surface area contributed by atoms with Crippen molar-refractivity contribution in [3.05, 3.63) is 66.3 Å². The maximum Gasteiger partial charge on any atom is 0.329 e. The van der Waals surface area contributed by atoms with Gasteiger partial charge in [0.15, 0.2) is 0 Å². The molecule has 0 fully saturated rings. The highest BCUT2D eigenvalue weighted by atomic mass is 32.2. The molecule has 8 N–H and O–H groups in total. The number of aliphatic carboxylic acids is 1. The van der Waals surface area contributed by atoms with Crippen molar-refractivity contribution in [2.24, 2.45) is 0 Å². The van der Waals surface area contributed by atoms with Gasteiger partial charge in [0.05, 0.1) is 24.1 Å². The number of benzene rings is 1. The van der Waals surface area contributed by atoms with E-state index in [0.717, 1.165) is 0 Å². The minimum atomic E-state index is -4.19. The number of aromatic amines is 2. The highest BCUT2D eigenvalue weighted by Crippen LogP contribution is 2.13. The molecule has 0 bridgehead atoms. The monoisotopic (exact) mass is 617 g/mol. The summed E-state index contributed by atoms with van der Waals surface area (Å²) in [7, 11) is -4.19.